The molecule has 0 fully saturated rings. The van der Waals surface area contributed by atoms with Crippen LogP contribution in [0.4, 0.5) is 0 Å². The molecule has 2 nitrogen and oxygen atoms in total. The van der Waals surface area contributed by atoms with Crippen LogP contribution in [0.15, 0.2) is 34.8 Å². The highest BCUT2D eigenvalue weighted by atomic mass is 79.9. The van der Waals surface area contributed by atoms with E-state index in [9.17, 15) is 0 Å². The number of fused-ring (bicyclic) bond motifs is 1. The average molecular weight is 370 g/mol. The summed E-state index contributed by atoms with van der Waals surface area (Å²) in [6.07, 6.45) is 1.09. The highest BCUT2D eigenvalue weighted by Gasteiger charge is 2.11. The average Bonchev–Trinajstić information content (AvgIpc) is 3.04. The molecule has 0 saturated heterocycles. The summed E-state index contributed by atoms with van der Waals surface area (Å²) in [5.74, 6) is 1.35. The van der Waals surface area contributed by atoms with E-state index in [0.29, 0.717) is 5.88 Å². The van der Waals surface area contributed by atoms with E-state index in [1.165, 1.54) is 9.75 Å². The molecule has 3 aromatic rings. The van der Waals surface area contributed by atoms with Crippen LogP contribution in [0.5, 0.6) is 0 Å². The molecule has 0 radical (unpaired) electrons. The number of aryl methyl sites for hydroxylation is 1. The fourth-order valence-electron chi connectivity index (χ4n) is 2.28. The second-order valence-corrected chi connectivity index (χ2v) is 7.04. The van der Waals surface area contributed by atoms with E-state index in [2.05, 4.69) is 50.6 Å². The SMILES string of the molecule is CCc1ccc(Cn2c(CCl)nc3ccc(Br)cc32)s1. The minimum absolute atomic E-state index is 0.429. The van der Waals surface area contributed by atoms with E-state index in [0.717, 1.165) is 34.3 Å². The van der Waals surface area contributed by atoms with E-state index >= 15 is 0 Å². The van der Waals surface area contributed by atoms with E-state index in [1.54, 1.807) is 0 Å². The van der Waals surface area contributed by atoms with Crippen molar-refractivity contribution in [3.8, 4) is 0 Å². The molecule has 0 unspecified atom stereocenters. The number of alkyl halides is 1. The predicted molar refractivity (Wildman–Crippen MR) is 89.8 cm³/mol. The molecule has 0 N–H and O–H groups in total. The largest absolute Gasteiger partial charge is 0.322 e. The first-order chi connectivity index (χ1) is 9.71. The van der Waals surface area contributed by atoms with Crippen LogP contribution in [0.25, 0.3) is 11.0 Å². The molecular weight excluding hydrogens is 356 g/mol. The van der Waals surface area contributed by atoms with Gasteiger partial charge >= 0.3 is 0 Å². The van der Waals surface area contributed by atoms with Gasteiger partial charge in [-0.25, -0.2) is 4.98 Å². The molecular formula is C15H14BrClN2S. The van der Waals surface area contributed by atoms with Gasteiger partial charge in [-0.3, -0.25) is 0 Å². The molecule has 0 aliphatic carbocycles. The second-order valence-electron chi connectivity index (χ2n) is 4.60. The Balaban J connectivity index is 2.06. The normalized spacial score (nSPS) is 11.3. The quantitative estimate of drug-likeness (QED) is 0.577. The fourth-order valence-corrected chi connectivity index (χ4v) is 3.78. The van der Waals surface area contributed by atoms with Crippen LogP contribution < -0.4 is 0 Å². The Morgan fingerprint density at radius 1 is 1.25 bits per heavy atom. The zero-order chi connectivity index (χ0) is 14.1. The van der Waals surface area contributed by atoms with Gasteiger partial charge in [0.2, 0.25) is 0 Å². The summed E-state index contributed by atoms with van der Waals surface area (Å²) >= 11 is 11.4. The van der Waals surface area contributed by atoms with Crippen LogP contribution in [0.3, 0.4) is 0 Å². The highest BCUT2D eigenvalue weighted by Crippen LogP contribution is 2.25. The summed E-state index contributed by atoms with van der Waals surface area (Å²) in [4.78, 5) is 7.37. The van der Waals surface area contributed by atoms with Gasteiger partial charge in [-0.15, -0.1) is 22.9 Å². The van der Waals surface area contributed by atoms with E-state index < -0.39 is 0 Å². The van der Waals surface area contributed by atoms with Gasteiger partial charge in [-0.05, 0) is 36.8 Å². The standard InChI is InChI=1S/C15H14BrClN2S/c1-2-11-4-5-12(20-11)9-19-14-7-10(16)3-6-13(14)18-15(19)8-17/h3-7H,2,8-9H2,1H3. The first-order valence-electron chi connectivity index (χ1n) is 6.49. The molecule has 1 aromatic carbocycles. The molecule has 0 bridgehead atoms. The molecule has 3 rings (SSSR count). The van der Waals surface area contributed by atoms with Crippen molar-refractivity contribution in [3.05, 3.63) is 50.4 Å². The highest BCUT2D eigenvalue weighted by molar-refractivity contribution is 9.10. The van der Waals surface area contributed by atoms with Crippen LogP contribution >= 0.6 is 38.9 Å². The third-order valence-corrected chi connectivity index (χ3v) is 5.24. The zero-order valence-electron chi connectivity index (χ0n) is 11.1. The molecule has 0 aliphatic rings. The van der Waals surface area contributed by atoms with Crippen molar-refractivity contribution in [2.24, 2.45) is 0 Å². The van der Waals surface area contributed by atoms with Crippen LogP contribution in [0, 0.1) is 0 Å². The Labute approximate surface area is 135 Å². The third-order valence-electron chi connectivity index (χ3n) is 3.29. The van der Waals surface area contributed by atoms with Crippen molar-refractivity contribution < 1.29 is 0 Å². The number of imidazole rings is 1. The fraction of sp³-hybridized carbons (Fsp3) is 0.267. The van der Waals surface area contributed by atoms with Crippen molar-refractivity contribution >= 4 is 49.9 Å². The van der Waals surface area contributed by atoms with Crippen LogP contribution in [-0.4, -0.2) is 9.55 Å². The van der Waals surface area contributed by atoms with E-state index in [1.807, 2.05) is 23.5 Å². The van der Waals surface area contributed by atoms with Gasteiger partial charge in [0.1, 0.15) is 5.82 Å². The van der Waals surface area contributed by atoms with Gasteiger partial charge in [0.05, 0.1) is 23.5 Å². The minimum Gasteiger partial charge on any atom is -0.322 e. The topological polar surface area (TPSA) is 17.8 Å². The number of benzene rings is 1. The number of nitrogens with zero attached hydrogens (tertiary/aromatic N) is 2. The second kappa shape index (κ2) is 5.88. The van der Waals surface area contributed by atoms with Gasteiger partial charge in [0.15, 0.2) is 0 Å². The van der Waals surface area contributed by atoms with Crippen molar-refractivity contribution in [2.45, 2.75) is 25.8 Å². The number of halogens is 2. The number of thiophene rings is 1. The number of rotatable bonds is 4. The predicted octanol–water partition coefficient (Wildman–Crippen LogP) is 5.21. The molecule has 2 aromatic heterocycles. The summed E-state index contributed by atoms with van der Waals surface area (Å²) in [6, 6.07) is 10.5. The lowest BCUT2D eigenvalue weighted by molar-refractivity contribution is 0.789. The van der Waals surface area contributed by atoms with Crippen molar-refractivity contribution in [2.75, 3.05) is 0 Å². The van der Waals surface area contributed by atoms with Crippen LogP contribution in [0.2, 0.25) is 0 Å². The number of aromatic nitrogens is 2. The summed E-state index contributed by atoms with van der Waals surface area (Å²) in [5, 5.41) is 0. The molecule has 104 valence electrons. The molecule has 5 heteroatoms. The number of hydrogen-bond acceptors (Lipinski definition) is 2. The Hall–Kier alpha value is -0.840. The van der Waals surface area contributed by atoms with Crippen molar-refractivity contribution in [3.63, 3.8) is 0 Å². The monoisotopic (exact) mass is 368 g/mol. The Morgan fingerprint density at radius 3 is 2.75 bits per heavy atom. The van der Waals surface area contributed by atoms with Gasteiger partial charge < -0.3 is 4.57 Å². The summed E-state index contributed by atoms with van der Waals surface area (Å²) in [6.45, 7) is 3.02. The molecule has 0 amide bonds. The maximum Gasteiger partial charge on any atom is 0.125 e. The van der Waals surface area contributed by atoms with Crippen molar-refractivity contribution in [1.29, 1.82) is 0 Å². The van der Waals surface area contributed by atoms with Crippen LogP contribution in [0.1, 0.15) is 22.5 Å². The van der Waals surface area contributed by atoms with E-state index in [4.69, 9.17) is 11.6 Å². The molecule has 0 aliphatic heterocycles. The number of hydrogen-bond donors (Lipinski definition) is 0. The molecule has 0 saturated carbocycles. The van der Waals surface area contributed by atoms with Gasteiger partial charge in [-0.1, -0.05) is 22.9 Å². The minimum atomic E-state index is 0.429. The summed E-state index contributed by atoms with van der Waals surface area (Å²) in [7, 11) is 0. The lowest BCUT2D eigenvalue weighted by atomic mass is 10.3. The van der Waals surface area contributed by atoms with Crippen LogP contribution in [-0.2, 0) is 18.8 Å². The Morgan fingerprint density at radius 2 is 2.05 bits per heavy atom. The maximum atomic E-state index is 6.05. The Bertz CT molecular complexity index is 747. The maximum absolute atomic E-state index is 6.05. The first kappa shape index (κ1) is 14.1. The molecule has 0 spiro atoms. The lowest BCUT2D eigenvalue weighted by Gasteiger charge is -2.06. The molecule has 0 atom stereocenters. The van der Waals surface area contributed by atoms with Gasteiger partial charge in [0.25, 0.3) is 0 Å². The van der Waals surface area contributed by atoms with E-state index in [-0.39, 0.29) is 0 Å². The summed E-state index contributed by atoms with van der Waals surface area (Å²) in [5.41, 5.74) is 2.12. The van der Waals surface area contributed by atoms with Crippen molar-refractivity contribution in [1.82, 2.24) is 9.55 Å². The third kappa shape index (κ3) is 2.65. The summed E-state index contributed by atoms with van der Waals surface area (Å²) < 4.78 is 3.27. The molecule has 2 heterocycles. The first-order valence-corrected chi connectivity index (χ1v) is 8.64. The van der Waals surface area contributed by atoms with Gasteiger partial charge in [-0.2, -0.15) is 0 Å². The molecule has 20 heavy (non-hydrogen) atoms. The smallest absolute Gasteiger partial charge is 0.125 e. The zero-order valence-corrected chi connectivity index (χ0v) is 14.2. The van der Waals surface area contributed by atoms with Gasteiger partial charge in [0, 0.05) is 14.2 Å². The lowest BCUT2D eigenvalue weighted by Crippen LogP contribution is -2.02. The Kier molecular flexibility index (Phi) is 4.15.